The number of thiophene rings is 1. The Hall–Kier alpha value is -1.71. The van der Waals surface area contributed by atoms with Gasteiger partial charge in [-0.2, -0.15) is 0 Å². The summed E-state index contributed by atoms with van der Waals surface area (Å²) in [7, 11) is 0. The molecule has 6 nitrogen and oxygen atoms in total. The molecule has 2 aliphatic heterocycles. The highest BCUT2D eigenvalue weighted by molar-refractivity contribution is 7.96. The molecule has 9 heteroatoms. The minimum atomic E-state index is -0.464. The fraction of sp³-hybridized carbons (Fsp3) is 0.500. The molecule has 0 bridgehead atoms. The van der Waals surface area contributed by atoms with E-state index in [1.54, 1.807) is 11.9 Å². The van der Waals surface area contributed by atoms with Gasteiger partial charge in [-0.25, -0.2) is 14.4 Å². The van der Waals surface area contributed by atoms with Crippen LogP contribution in [0.25, 0.3) is 10.6 Å². The Labute approximate surface area is 166 Å². The van der Waals surface area contributed by atoms with Crippen LogP contribution in [0, 0.1) is 18.7 Å². The molecule has 1 amide bonds. The molecule has 2 aliphatic rings. The highest BCUT2D eigenvalue weighted by Crippen LogP contribution is 2.38. The number of amides is 1. The second-order valence-corrected chi connectivity index (χ2v) is 9.00. The Morgan fingerprint density at radius 2 is 2.30 bits per heavy atom. The largest absolute Gasteiger partial charge is 0.351 e. The van der Waals surface area contributed by atoms with Gasteiger partial charge in [-0.15, -0.1) is 11.3 Å². The van der Waals surface area contributed by atoms with Gasteiger partial charge in [0.1, 0.15) is 5.69 Å². The number of carbonyl (C=O) groups excluding carboxylic acids is 1. The first-order valence-corrected chi connectivity index (χ1v) is 11.0. The number of hydrogen-bond donors (Lipinski definition) is 2. The van der Waals surface area contributed by atoms with Crippen molar-refractivity contribution in [3.05, 3.63) is 28.0 Å². The molecule has 0 spiro atoms. The molecule has 1 saturated heterocycles. The fourth-order valence-electron chi connectivity index (χ4n) is 3.72. The maximum Gasteiger partial charge on any atom is 0.253 e. The zero-order chi connectivity index (χ0) is 19.1. The number of rotatable bonds is 4. The van der Waals surface area contributed by atoms with E-state index in [-0.39, 0.29) is 17.6 Å². The molecule has 144 valence electrons. The molecule has 27 heavy (non-hydrogen) atoms. The minimum Gasteiger partial charge on any atom is -0.351 e. The van der Waals surface area contributed by atoms with Crippen LogP contribution in [0.2, 0.25) is 0 Å². The van der Waals surface area contributed by atoms with Crippen molar-refractivity contribution in [1.82, 2.24) is 19.6 Å². The number of nitrogens with one attached hydrogen (secondary N) is 2. The van der Waals surface area contributed by atoms with Crippen LogP contribution in [0.4, 0.5) is 10.3 Å². The third-order valence-corrected chi connectivity index (χ3v) is 7.40. The van der Waals surface area contributed by atoms with Gasteiger partial charge in [-0.3, -0.25) is 9.10 Å². The lowest BCUT2D eigenvalue weighted by molar-refractivity contribution is 0.0965. The molecule has 1 fully saturated rings. The number of aromatic nitrogens is 2. The highest BCUT2D eigenvalue weighted by Gasteiger charge is 2.29. The summed E-state index contributed by atoms with van der Waals surface area (Å²) in [5.41, 5.74) is 1.72. The SMILES string of the molecule is CSN1CCC(Nc2ncc(F)c(-c3sc4c(c3C)C(=O)NC4)n2)C(C)C1. The minimum absolute atomic E-state index is 0.0906. The lowest BCUT2D eigenvalue weighted by Gasteiger charge is -2.35. The smallest absolute Gasteiger partial charge is 0.253 e. The Morgan fingerprint density at radius 1 is 1.48 bits per heavy atom. The topological polar surface area (TPSA) is 70.2 Å². The Bertz CT molecular complexity index is 887. The molecule has 2 aromatic heterocycles. The third-order valence-electron chi connectivity index (χ3n) is 5.26. The molecule has 0 saturated carbocycles. The average molecular weight is 408 g/mol. The zero-order valence-corrected chi connectivity index (χ0v) is 17.1. The van der Waals surface area contributed by atoms with E-state index in [1.807, 2.05) is 6.92 Å². The van der Waals surface area contributed by atoms with Crippen molar-refractivity contribution in [2.75, 3.05) is 24.7 Å². The van der Waals surface area contributed by atoms with Crippen molar-refractivity contribution in [1.29, 1.82) is 0 Å². The van der Waals surface area contributed by atoms with Gasteiger partial charge >= 0.3 is 0 Å². The molecular weight excluding hydrogens is 385 g/mol. The van der Waals surface area contributed by atoms with Gasteiger partial charge < -0.3 is 10.6 Å². The van der Waals surface area contributed by atoms with E-state index in [0.717, 1.165) is 30.0 Å². The number of halogens is 1. The van der Waals surface area contributed by atoms with Gasteiger partial charge in [0.2, 0.25) is 5.95 Å². The molecule has 2 aromatic rings. The summed E-state index contributed by atoms with van der Waals surface area (Å²) in [5, 5.41) is 6.20. The zero-order valence-electron chi connectivity index (χ0n) is 15.5. The molecule has 0 radical (unpaired) electrons. The Balaban J connectivity index is 1.60. The number of anilines is 1. The van der Waals surface area contributed by atoms with Gasteiger partial charge in [0.15, 0.2) is 5.82 Å². The summed E-state index contributed by atoms with van der Waals surface area (Å²) in [6.45, 7) is 6.56. The number of nitrogens with zero attached hydrogens (tertiary/aromatic N) is 3. The predicted molar refractivity (Wildman–Crippen MR) is 107 cm³/mol. The first-order chi connectivity index (χ1) is 13.0. The molecule has 0 aromatic carbocycles. The Kier molecular flexibility index (Phi) is 5.09. The van der Waals surface area contributed by atoms with Crippen molar-refractivity contribution in [2.45, 2.75) is 32.9 Å². The molecule has 2 atom stereocenters. The van der Waals surface area contributed by atoms with Crippen LogP contribution in [0.15, 0.2) is 6.20 Å². The first-order valence-electron chi connectivity index (χ1n) is 8.97. The summed E-state index contributed by atoms with van der Waals surface area (Å²) >= 11 is 3.19. The lowest BCUT2D eigenvalue weighted by Crippen LogP contribution is -2.42. The van der Waals surface area contributed by atoms with Crippen molar-refractivity contribution < 1.29 is 9.18 Å². The predicted octanol–water partition coefficient (Wildman–Crippen LogP) is 3.30. The Morgan fingerprint density at radius 3 is 3.00 bits per heavy atom. The summed E-state index contributed by atoms with van der Waals surface area (Å²) in [6.07, 6.45) is 4.30. The van der Waals surface area contributed by atoms with E-state index in [0.29, 0.717) is 28.9 Å². The van der Waals surface area contributed by atoms with Crippen LogP contribution in [-0.4, -0.2) is 45.6 Å². The van der Waals surface area contributed by atoms with Crippen LogP contribution < -0.4 is 10.6 Å². The van der Waals surface area contributed by atoms with Crippen LogP contribution in [0.3, 0.4) is 0 Å². The summed E-state index contributed by atoms with van der Waals surface area (Å²) in [5.74, 6) is 0.332. The highest BCUT2D eigenvalue weighted by atomic mass is 32.2. The molecule has 4 rings (SSSR count). The summed E-state index contributed by atoms with van der Waals surface area (Å²) in [4.78, 5) is 22.3. The van der Waals surface area contributed by atoms with Crippen molar-refractivity contribution >= 4 is 35.1 Å². The van der Waals surface area contributed by atoms with Gasteiger partial charge in [0.25, 0.3) is 5.91 Å². The van der Waals surface area contributed by atoms with E-state index >= 15 is 0 Å². The average Bonchev–Trinajstić information content (AvgIpc) is 3.18. The lowest BCUT2D eigenvalue weighted by atomic mass is 9.95. The quantitative estimate of drug-likeness (QED) is 0.758. The monoisotopic (exact) mass is 407 g/mol. The van der Waals surface area contributed by atoms with E-state index in [2.05, 4.69) is 38.1 Å². The van der Waals surface area contributed by atoms with E-state index in [9.17, 15) is 9.18 Å². The fourth-order valence-corrected chi connectivity index (χ4v) is 5.62. The van der Waals surface area contributed by atoms with Gasteiger partial charge in [0.05, 0.1) is 23.2 Å². The first kappa shape index (κ1) is 18.6. The van der Waals surface area contributed by atoms with Crippen molar-refractivity contribution in [3.63, 3.8) is 0 Å². The maximum absolute atomic E-state index is 14.5. The van der Waals surface area contributed by atoms with Crippen LogP contribution in [0.1, 0.15) is 34.1 Å². The standard InChI is InChI=1S/C18H22FN5OS2/c1-9-8-24(26-3)5-4-12(9)22-18-21-6-11(19)15(23-18)16-10(2)14-13(27-16)7-20-17(14)25/h6,9,12H,4-5,7-8H2,1-3H3,(H,20,25)(H,21,22,23). The second-order valence-electron chi connectivity index (χ2n) is 7.01. The second kappa shape index (κ2) is 7.37. The normalized spacial score (nSPS) is 22.6. The molecular formula is C18H22FN5OS2. The third kappa shape index (κ3) is 3.43. The molecule has 2 N–H and O–H groups in total. The van der Waals surface area contributed by atoms with Crippen LogP contribution in [0.5, 0.6) is 0 Å². The van der Waals surface area contributed by atoms with Crippen molar-refractivity contribution in [2.24, 2.45) is 5.92 Å². The molecule has 0 aliphatic carbocycles. The van der Waals surface area contributed by atoms with Gasteiger partial charge in [0, 0.05) is 24.0 Å². The van der Waals surface area contributed by atoms with E-state index in [1.165, 1.54) is 17.5 Å². The van der Waals surface area contributed by atoms with Crippen molar-refractivity contribution in [3.8, 4) is 10.6 Å². The maximum atomic E-state index is 14.5. The molecule has 2 unspecified atom stereocenters. The van der Waals surface area contributed by atoms with Crippen LogP contribution in [-0.2, 0) is 6.54 Å². The number of carbonyl (C=O) groups is 1. The van der Waals surface area contributed by atoms with E-state index < -0.39 is 5.82 Å². The molecule has 4 heterocycles. The summed E-state index contributed by atoms with van der Waals surface area (Å²) < 4.78 is 16.8. The van der Waals surface area contributed by atoms with Gasteiger partial charge in [-0.05, 0) is 31.1 Å². The van der Waals surface area contributed by atoms with Gasteiger partial charge in [-0.1, -0.05) is 18.9 Å². The summed E-state index contributed by atoms with van der Waals surface area (Å²) in [6, 6.07) is 0.256. The number of fused-ring (bicyclic) bond motifs is 1. The van der Waals surface area contributed by atoms with E-state index in [4.69, 9.17) is 0 Å². The number of piperidine rings is 1. The number of hydrogen-bond acceptors (Lipinski definition) is 7. The van der Waals surface area contributed by atoms with Crippen LogP contribution >= 0.6 is 23.3 Å².